The number of carbonyl (C=O) groups excluding carboxylic acids is 3. The SMILES string of the molecule is CC(C)(C)CN(CC1CC1)[C@@H](C(N)=O)C(=O)Nc1ccc(N2CCOCC2=O)cc1C(F)F. The predicted molar refractivity (Wildman–Crippen MR) is 120 cm³/mol. The molecule has 182 valence electrons. The van der Waals surface area contributed by atoms with Crippen LogP contribution in [0.5, 0.6) is 0 Å². The molecule has 1 aliphatic heterocycles. The van der Waals surface area contributed by atoms with Crippen molar-refractivity contribution in [1.82, 2.24) is 4.90 Å². The summed E-state index contributed by atoms with van der Waals surface area (Å²) in [4.78, 5) is 40.6. The molecule has 1 aromatic rings. The summed E-state index contributed by atoms with van der Waals surface area (Å²) >= 11 is 0. The molecule has 1 saturated heterocycles. The maximum absolute atomic E-state index is 13.9. The van der Waals surface area contributed by atoms with E-state index in [0.717, 1.165) is 12.8 Å². The molecular formula is C23H32F2N4O4. The Bertz CT molecular complexity index is 899. The first-order chi connectivity index (χ1) is 15.5. The molecule has 3 rings (SSSR count). The van der Waals surface area contributed by atoms with E-state index in [1.807, 2.05) is 20.8 Å². The molecular weight excluding hydrogens is 434 g/mol. The zero-order valence-electron chi connectivity index (χ0n) is 19.3. The van der Waals surface area contributed by atoms with Crippen molar-refractivity contribution in [3.8, 4) is 0 Å². The van der Waals surface area contributed by atoms with Crippen LogP contribution in [0.3, 0.4) is 0 Å². The quantitative estimate of drug-likeness (QED) is 0.544. The normalized spacial score (nSPS) is 18.0. The van der Waals surface area contributed by atoms with Crippen LogP contribution in [0.15, 0.2) is 18.2 Å². The lowest BCUT2D eigenvalue weighted by molar-refractivity contribution is -0.133. The van der Waals surface area contributed by atoms with Crippen molar-refractivity contribution in [1.29, 1.82) is 0 Å². The molecule has 0 spiro atoms. The number of nitrogens with zero attached hydrogens (tertiary/aromatic N) is 2. The van der Waals surface area contributed by atoms with Crippen LogP contribution in [0.4, 0.5) is 20.2 Å². The minimum absolute atomic E-state index is 0.118. The Balaban J connectivity index is 1.85. The van der Waals surface area contributed by atoms with Crippen molar-refractivity contribution in [3.05, 3.63) is 23.8 Å². The Morgan fingerprint density at radius 3 is 2.55 bits per heavy atom. The van der Waals surface area contributed by atoms with E-state index in [-0.39, 0.29) is 30.2 Å². The smallest absolute Gasteiger partial charge is 0.265 e. The summed E-state index contributed by atoms with van der Waals surface area (Å²) in [5.74, 6) is -1.51. The molecule has 1 aromatic carbocycles. The van der Waals surface area contributed by atoms with Crippen LogP contribution in [0.1, 0.15) is 45.6 Å². The van der Waals surface area contributed by atoms with E-state index < -0.39 is 29.8 Å². The minimum Gasteiger partial charge on any atom is -0.370 e. The van der Waals surface area contributed by atoms with Gasteiger partial charge in [-0.1, -0.05) is 20.8 Å². The van der Waals surface area contributed by atoms with Gasteiger partial charge in [0.1, 0.15) is 6.61 Å². The lowest BCUT2D eigenvalue weighted by Crippen LogP contribution is -2.54. The predicted octanol–water partition coefficient (Wildman–Crippen LogP) is 2.54. The van der Waals surface area contributed by atoms with Crippen LogP contribution in [0, 0.1) is 11.3 Å². The number of nitrogens with one attached hydrogen (secondary N) is 1. The molecule has 1 atom stereocenters. The number of hydrogen-bond donors (Lipinski definition) is 2. The first kappa shape index (κ1) is 25.0. The standard InChI is InChI=1S/C23H32F2N4O4/c1-23(2,3)13-28(11-14-4-5-14)19(21(26)31)22(32)27-17-7-6-15(10-16(17)20(24)25)29-8-9-33-12-18(29)30/h6-7,10,14,19-20H,4-5,8-9,11-13H2,1-3H3,(H2,26,31)(H,27,32)/t19-/m0/s1. The largest absolute Gasteiger partial charge is 0.370 e. The molecule has 33 heavy (non-hydrogen) atoms. The van der Waals surface area contributed by atoms with Crippen LogP contribution in [-0.4, -0.2) is 61.5 Å². The number of alkyl halides is 2. The van der Waals surface area contributed by atoms with Gasteiger partial charge in [0.2, 0.25) is 5.91 Å². The number of hydrogen-bond acceptors (Lipinski definition) is 5. The van der Waals surface area contributed by atoms with Gasteiger partial charge in [0, 0.05) is 36.6 Å². The lowest BCUT2D eigenvalue weighted by Gasteiger charge is -2.34. The minimum atomic E-state index is -2.90. The Kier molecular flexibility index (Phi) is 7.69. The molecule has 10 heteroatoms. The van der Waals surface area contributed by atoms with Crippen LogP contribution in [-0.2, 0) is 19.1 Å². The third-order valence-electron chi connectivity index (χ3n) is 5.58. The van der Waals surface area contributed by atoms with Crippen molar-refractivity contribution in [2.45, 2.75) is 46.1 Å². The average Bonchev–Trinajstić information content (AvgIpc) is 3.51. The van der Waals surface area contributed by atoms with E-state index in [2.05, 4.69) is 5.32 Å². The van der Waals surface area contributed by atoms with Gasteiger partial charge in [0.05, 0.1) is 6.61 Å². The molecule has 1 aliphatic carbocycles. The number of halogens is 2. The highest BCUT2D eigenvalue weighted by Crippen LogP contribution is 2.34. The van der Waals surface area contributed by atoms with Gasteiger partial charge in [0.15, 0.2) is 6.04 Å². The van der Waals surface area contributed by atoms with Crippen LogP contribution in [0.25, 0.3) is 0 Å². The van der Waals surface area contributed by atoms with E-state index >= 15 is 0 Å². The Morgan fingerprint density at radius 1 is 1.30 bits per heavy atom. The molecule has 8 nitrogen and oxygen atoms in total. The van der Waals surface area contributed by atoms with E-state index in [1.54, 1.807) is 4.90 Å². The second-order valence-corrected chi connectivity index (χ2v) is 9.90. The Labute approximate surface area is 192 Å². The van der Waals surface area contributed by atoms with Crippen molar-refractivity contribution in [2.75, 3.05) is 43.1 Å². The summed E-state index contributed by atoms with van der Waals surface area (Å²) in [5, 5.41) is 2.48. The summed E-state index contributed by atoms with van der Waals surface area (Å²) in [5.41, 5.74) is 5.13. The van der Waals surface area contributed by atoms with Crippen LogP contribution >= 0.6 is 0 Å². The number of carbonyl (C=O) groups is 3. The summed E-state index contributed by atoms with van der Waals surface area (Å²) in [6, 6.07) is 2.71. The molecule has 1 heterocycles. The molecule has 3 amide bonds. The number of amides is 3. The fourth-order valence-electron chi connectivity index (χ4n) is 3.98. The Morgan fingerprint density at radius 2 is 2.00 bits per heavy atom. The molecule has 1 saturated carbocycles. The third-order valence-corrected chi connectivity index (χ3v) is 5.58. The topological polar surface area (TPSA) is 105 Å². The lowest BCUT2D eigenvalue weighted by atomic mass is 9.94. The Hall–Kier alpha value is -2.59. The molecule has 2 aliphatic rings. The molecule has 0 aromatic heterocycles. The molecule has 0 bridgehead atoms. The van der Waals surface area contributed by atoms with E-state index in [9.17, 15) is 23.2 Å². The maximum atomic E-state index is 13.9. The first-order valence-corrected chi connectivity index (χ1v) is 11.1. The van der Waals surface area contributed by atoms with Crippen LogP contribution < -0.4 is 16.0 Å². The van der Waals surface area contributed by atoms with Gasteiger partial charge in [-0.05, 0) is 42.4 Å². The third kappa shape index (κ3) is 6.70. The van der Waals surface area contributed by atoms with E-state index in [0.29, 0.717) is 31.3 Å². The molecule has 2 fully saturated rings. The average molecular weight is 467 g/mol. The number of ether oxygens (including phenoxy) is 1. The number of morpholine rings is 1. The zero-order chi connectivity index (χ0) is 24.3. The van der Waals surface area contributed by atoms with E-state index in [1.165, 1.54) is 23.1 Å². The number of anilines is 2. The maximum Gasteiger partial charge on any atom is 0.265 e. The summed E-state index contributed by atoms with van der Waals surface area (Å²) in [6.45, 7) is 7.39. The number of nitrogens with two attached hydrogens (primary N) is 1. The van der Waals surface area contributed by atoms with Gasteiger partial charge in [-0.3, -0.25) is 19.3 Å². The first-order valence-electron chi connectivity index (χ1n) is 11.1. The van der Waals surface area contributed by atoms with Gasteiger partial charge < -0.3 is 20.7 Å². The summed E-state index contributed by atoms with van der Waals surface area (Å²) < 4.78 is 32.8. The highest BCUT2D eigenvalue weighted by molar-refractivity contribution is 6.10. The van der Waals surface area contributed by atoms with Gasteiger partial charge in [-0.25, -0.2) is 8.78 Å². The highest BCUT2D eigenvalue weighted by atomic mass is 19.3. The van der Waals surface area contributed by atoms with Gasteiger partial charge in [-0.15, -0.1) is 0 Å². The van der Waals surface area contributed by atoms with E-state index in [4.69, 9.17) is 10.5 Å². The molecule has 0 unspecified atom stereocenters. The fraction of sp³-hybridized carbons (Fsp3) is 0.609. The molecule has 0 radical (unpaired) electrons. The summed E-state index contributed by atoms with van der Waals surface area (Å²) in [7, 11) is 0. The molecule has 3 N–H and O–H groups in total. The second kappa shape index (κ2) is 10.1. The van der Waals surface area contributed by atoms with Crippen molar-refractivity contribution < 1.29 is 27.9 Å². The van der Waals surface area contributed by atoms with Gasteiger partial charge in [0.25, 0.3) is 18.2 Å². The second-order valence-electron chi connectivity index (χ2n) is 9.90. The monoisotopic (exact) mass is 466 g/mol. The van der Waals surface area contributed by atoms with Crippen molar-refractivity contribution in [2.24, 2.45) is 17.1 Å². The highest BCUT2D eigenvalue weighted by Gasteiger charge is 2.37. The number of benzene rings is 1. The van der Waals surface area contributed by atoms with Gasteiger partial charge in [-0.2, -0.15) is 0 Å². The zero-order valence-corrected chi connectivity index (χ0v) is 19.3. The van der Waals surface area contributed by atoms with Crippen molar-refractivity contribution >= 4 is 29.1 Å². The summed E-state index contributed by atoms with van der Waals surface area (Å²) in [6.07, 6.45) is -0.865. The van der Waals surface area contributed by atoms with Gasteiger partial charge >= 0.3 is 0 Å². The number of rotatable bonds is 9. The van der Waals surface area contributed by atoms with Crippen molar-refractivity contribution in [3.63, 3.8) is 0 Å². The van der Waals surface area contributed by atoms with Crippen LogP contribution in [0.2, 0.25) is 0 Å². The fourth-order valence-corrected chi connectivity index (χ4v) is 3.98. The number of primary amides is 1.